The Kier molecular flexibility index (Phi) is 5.03. The molecule has 4 rings (SSSR count). The third-order valence-electron chi connectivity index (χ3n) is 5.62. The van der Waals surface area contributed by atoms with E-state index in [4.69, 9.17) is 4.74 Å². The van der Waals surface area contributed by atoms with Crippen molar-refractivity contribution in [2.75, 3.05) is 19.7 Å². The molecule has 1 saturated carbocycles. The average Bonchev–Trinajstić information content (AvgIpc) is 3.41. The van der Waals surface area contributed by atoms with Crippen molar-refractivity contribution in [2.24, 2.45) is 11.8 Å². The minimum Gasteiger partial charge on any atom is -0.366 e. The highest BCUT2D eigenvalue weighted by atomic mass is 16.5. The van der Waals surface area contributed by atoms with Crippen molar-refractivity contribution >= 4 is 5.91 Å². The summed E-state index contributed by atoms with van der Waals surface area (Å²) in [6.45, 7) is 5.16. The summed E-state index contributed by atoms with van der Waals surface area (Å²) in [5, 5.41) is 3.13. The Bertz CT molecular complexity index is 592. The molecule has 0 spiro atoms. The summed E-state index contributed by atoms with van der Waals surface area (Å²) in [5.74, 6) is 1.14. The number of nitrogens with zero attached hydrogens (tertiary/aromatic N) is 1. The molecule has 4 unspecified atom stereocenters. The minimum atomic E-state index is -0.397. The highest BCUT2D eigenvalue weighted by Gasteiger charge is 2.43. The number of nitrogens with one attached hydrogen (secondary N) is 3. The van der Waals surface area contributed by atoms with Crippen LogP contribution in [0, 0.1) is 11.8 Å². The van der Waals surface area contributed by atoms with Gasteiger partial charge in [0.2, 0.25) is 0 Å². The van der Waals surface area contributed by atoms with Crippen LogP contribution in [0.2, 0.25) is 0 Å². The van der Waals surface area contributed by atoms with Gasteiger partial charge < -0.3 is 10.1 Å². The lowest BCUT2D eigenvalue weighted by Gasteiger charge is -2.33. The molecule has 0 radical (unpaired) electrons. The highest BCUT2D eigenvalue weighted by Crippen LogP contribution is 2.37. The van der Waals surface area contributed by atoms with Gasteiger partial charge in [-0.1, -0.05) is 37.3 Å². The Hall–Kier alpha value is -1.47. The van der Waals surface area contributed by atoms with Gasteiger partial charge in [-0.2, -0.15) is 0 Å². The second-order valence-corrected chi connectivity index (χ2v) is 7.58. The molecule has 1 amide bonds. The Morgan fingerprint density at radius 2 is 2.08 bits per heavy atom. The van der Waals surface area contributed by atoms with E-state index in [9.17, 15) is 4.79 Å². The van der Waals surface area contributed by atoms with Crippen LogP contribution in [0.1, 0.15) is 25.3 Å². The maximum absolute atomic E-state index is 12.7. The number of ether oxygens (including phenoxy) is 1. The third-order valence-corrected chi connectivity index (χ3v) is 5.62. The molecular weight excluding hydrogens is 316 g/mol. The van der Waals surface area contributed by atoms with Crippen LogP contribution in [0.5, 0.6) is 0 Å². The second-order valence-electron chi connectivity index (χ2n) is 7.58. The lowest BCUT2D eigenvalue weighted by Crippen LogP contribution is -2.54. The molecule has 6 nitrogen and oxygen atoms in total. The van der Waals surface area contributed by atoms with Gasteiger partial charge in [-0.3, -0.25) is 15.1 Å². The average molecular weight is 344 g/mol. The molecule has 4 atom stereocenters. The summed E-state index contributed by atoms with van der Waals surface area (Å²) in [6, 6.07) is 10.8. The highest BCUT2D eigenvalue weighted by molar-refractivity contribution is 5.81. The Morgan fingerprint density at radius 3 is 2.84 bits per heavy atom. The van der Waals surface area contributed by atoms with Crippen LogP contribution >= 0.6 is 0 Å². The van der Waals surface area contributed by atoms with Crippen molar-refractivity contribution in [2.45, 2.75) is 44.6 Å². The third kappa shape index (κ3) is 4.03. The van der Waals surface area contributed by atoms with E-state index < -0.39 is 6.10 Å². The van der Waals surface area contributed by atoms with E-state index in [0.29, 0.717) is 25.1 Å². The molecule has 0 bridgehead atoms. The fraction of sp³-hybridized carbons (Fsp3) is 0.632. The molecule has 3 N–H and O–H groups in total. The largest absolute Gasteiger partial charge is 0.366 e. The quantitative estimate of drug-likeness (QED) is 0.739. The summed E-state index contributed by atoms with van der Waals surface area (Å²) in [4.78, 5) is 15.0. The van der Waals surface area contributed by atoms with E-state index in [1.165, 1.54) is 18.4 Å². The number of rotatable bonds is 5. The summed E-state index contributed by atoms with van der Waals surface area (Å²) in [5.41, 5.74) is 7.87. The monoisotopic (exact) mass is 344 g/mol. The number of carbonyl (C=O) groups excluding carboxylic acids is 1. The van der Waals surface area contributed by atoms with Crippen molar-refractivity contribution in [3.8, 4) is 0 Å². The van der Waals surface area contributed by atoms with Crippen LogP contribution in [0.15, 0.2) is 30.3 Å². The molecule has 1 aromatic carbocycles. The maximum Gasteiger partial charge on any atom is 0.251 e. The zero-order valence-corrected chi connectivity index (χ0v) is 14.8. The van der Waals surface area contributed by atoms with E-state index in [-0.39, 0.29) is 12.1 Å². The first-order valence-corrected chi connectivity index (χ1v) is 9.40. The van der Waals surface area contributed by atoms with Crippen LogP contribution < -0.4 is 16.2 Å². The normalized spacial score (nSPS) is 33.3. The maximum atomic E-state index is 12.7. The molecule has 2 saturated heterocycles. The number of benzene rings is 1. The number of hydrazine groups is 1. The fourth-order valence-electron chi connectivity index (χ4n) is 3.92. The molecule has 1 aliphatic carbocycles. The van der Waals surface area contributed by atoms with Crippen molar-refractivity contribution in [3.05, 3.63) is 35.9 Å². The van der Waals surface area contributed by atoms with Crippen molar-refractivity contribution < 1.29 is 9.53 Å². The number of hydrogen-bond donors (Lipinski definition) is 3. The van der Waals surface area contributed by atoms with Crippen molar-refractivity contribution in [3.63, 3.8) is 0 Å². The molecule has 25 heavy (non-hydrogen) atoms. The molecular formula is C19H28N4O2. The first-order chi connectivity index (χ1) is 12.2. The Labute approximate surface area is 149 Å². The smallest absolute Gasteiger partial charge is 0.251 e. The van der Waals surface area contributed by atoms with Crippen LogP contribution in [-0.2, 0) is 16.1 Å². The van der Waals surface area contributed by atoms with Gasteiger partial charge in [0.05, 0.1) is 12.8 Å². The van der Waals surface area contributed by atoms with E-state index in [1.54, 1.807) is 0 Å². The lowest BCUT2D eigenvalue weighted by atomic mass is 9.97. The van der Waals surface area contributed by atoms with E-state index in [2.05, 4.69) is 52.3 Å². The zero-order chi connectivity index (χ0) is 17.2. The molecule has 2 aliphatic heterocycles. The molecule has 136 valence electrons. The Balaban J connectivity index is 1.29. The van der Waals surface area contributed by atoms with Gasteiger partial charge in [0.1, 0.15) is 6.10 Å². The van der Waals surface area contributed by atoms with Gasteiger partial charge in [-0.25, -0.2) is 5.43 Å². The predicted octanol–water partition coefficient (Wildman–Crippen LogP) is 0.852. The second kappa shape index (κ2) is 7.41. The minimum absolute atomic E-state index is 0.0136. The van der Waals surface area contributed by atoms with Gasteiger partial charge >= 0.3 is 0 Å². The molecule has 3 fully saturated rings. The number of amides is 1. The van der Waals surface area contributed by atoms with E-state index in [0.717, 1.165) is 19.0 Å². The van der Waals surface area contributed by atoms with Crippen molar-refractivity contribution in [1.82, 2.24) is 21.1 Å². The molecule has 1 aromatic rings. The molecule has 0 aromatic heterocycles. The van der Waals surface area contributed by atoms with E-state index >= 15 is 0 Å². The van der Waals surface area contributed by atoms with Gasteiger partial charge in [-0.05, 0) is 24.3 Å². The predicted molar refractivity (Wildman–Crippen MR) is 95.3 cm³/mol. The van der Waals surface area contributed by atoms with Gasteiger partial charge in [0, 0.05) is 31.6 Å². The lowest BCUT2D eigenvalue weighted by molar-refractivity contribution is -0.140. The van der Waals surface area contributed by atoms with Crippen LogP contribution in [-0.4, -0.2) is 48.8 Å². The van der Waals surface area contributed by atoms with Crippen molar-refractivity contribution in [1.29, 1.82) is 0 Å². The van der Waals surface area contributed by atoms with Crippen LogP contribution in [0.25, 0.3) is 0 Å². The fourth-order valence-corrected chi connectivity index (χ4v) is 3.92. The zero-order valence-electron chi connectivity index (χ0n) is 14.8. The molecule has 3 aliphatic rings. The topological polar surface area (TPSA) is 65.6 Å². The summed E-state index contributed by atoms with van der Waals surface area (Å²) in [6.07, 6.45) is 2.17. The van der Waals surface area contributed by atoms with Gasteiger partial charge in [0.15, 0.2) is 0 Å². The van der Waals surface area contributed by atoms with E-state index in [1.807, 2.05) is 6.07 Å². The Morgan fingerprint density at radius 1 is 1.28 bits per heavy atom. The summed E-state index contributed by atoms with van der Waals surface area (Å²) < 4.78 is 5.74. The number of carbonyl (C=O) groups is 1. The molecule has 2 heterocycles. The first kappa shape index (κ1) is 17.0. The standard InChI is InChI=1S/C19H28N4O2/c1-13-17(15-7-8-15)21-22-18(13)20-19(24)16-12-23(9-10-25-16)11-14-5-3-2-4-6-14/h2-6,13,15-18,21-22H,7-12H2,1H3,(H,20,24). The van der Waals surface area contributed by atoms with Crippen LogP contribution in [0.3, 0.4) is 0 Å². The number of hydrogen-bond acceptors (Lipinski definition) is 5. The number of morpholine rings is 1. The SMILES string of the molecule is CC1C(NC(=O)C2CN(Cc3ccccc3)CCO2)NNC1C1CC1. The summed E-state index contributed by atoms with van der Waals surface area (Å²) in [7, 11) is 0. The van der Waals surface area contributed by atoms with Gasteiger partial charge in [0.25, 0.3) is 5.91 Å². The first-order valence-electron chi connectivity index (χ1n) is 9.40. The van der Waals surface area contributed by atoms with Crippen LogP contribution in [0.4, 0.5) is 0 Å². The molecule has 6 heteroatoms. The van der Waals surface area contributed by atoms with Gasteiger partial charge in [-0.15, -0.1) is 0 Å². The summed E-state index contributed by atoms with van der Waals surface area (Å²) >= 11 is 0.